The Morgan fingerprint density at radius 1 is 1.19 bits per heavy atom. The summed E-state index contributed by atoms with van der Waals surface area (Å²) in [5.74, 6) is 0.843. The summed E-state index contributed by atoms with van der Waals surface area (Å²) in [6.07, 6.45) is 2.77. The number of ether oxygens (including phenoxy) is 1. The highest BCUT2D eigenvalue weighted by Gasteiger charge is 2.05. The minimum atomic E-state index is -0.474. The molecule has 0 saturated heterocycles. The average Bonchev–Trinajstić information content (AvgIpc) is 3.03. The molecule has 9 heteroatoms. The molecule has 0 aliphatic heterocycles. The topological polar surface area (TPSA) is 92.6 Å². The van der Waals surface area contributed by atoms with Gasteiger partial charge in [-0.05, 0) is 61.6 Å². The van der Waals surface area contributed by atoms with E-state index in [1.54, 1.807) is 43.3 Å². The third kappa shape index (κ3) is 6.96. The Balaban J connectivity index is 1.67. The van der Waals surface area contributed by atoms with E-state index in [4.69, 9.17) is 33.0 Å². The van der Waals surface area contributed by atoms with E-state index in [2.05, 4.69) is 16.2 Å². The monoisotopic (exact) mass is 393 g/mol. The van der Waals surface area contributed by atoms with Gasteiger partial charge in [0.2, 0.25) is 5.91 Å². The van der Waals surface area contributed by atoms with Crippen molar-refractivity contribution in [1.82, 2.24) is 16.2 Å². The predicted octanol–water partition coefficient (Wildman–Crippen LogP) is 2.36. The zero-order chi connectivity index (χ0) is 18.9. The van der Waals surface area contributed by atoms with Crippen LogP contribution in [0.2, 0.25) is 5.02 Å². The van der Waals surface area contributed by atoms with Crippen LogP contribution in [0.25, 0.3) is 6.08 Å². The summed E-state index contributed by atoms with van der Waals surface area (Å²) in [7, 11) is 0. The van der Waals surface area contributed by atoms with Gasteiger partial charge in [-0.25, -0.2) is 0 Å². The Labute approximate surface area is 160 Å². The first kappa shape index (κ1) is 19.5. The standard InChI is InChI=1S/C17H16ClN3O4S/c1-11-2-5-14(25-11)8-9-15(22)19-17(26)21-20-16(23)10-24-13-6-3-12(18)4-7-13/h2-9H,10H2,1H3,(H,20,23)(H2,19,21,22,26)/b9-8+. The SMILES string of the molecule is Cc1ccc(/C=C/C(=O)NC(=S)NNC(=O)COc2ccc(Cl)cc2)o1. The molecule has 0 aliphatic rings. The first-order chi connectivity index (χ1) is 12.4. The summed E-state index contributed by atoms with van der Waals surface area (Å²) in [5, 5.41) is 2.89. The van der Waals surface area contributed by atoms with Crippen LogP contribution in [0.3, 0.4) is 0 Å². The largest absolute Gasteiger partial charge is 0.484 e. The Morgan fingerprint density at radius 2 is 1.92 bits per heavy atom. The number of carbonyl (C=O) groups is 2. The number of rotatable bonds is 5. The van der Waals surface area contributed by atoms with Crippen molar-refractivity contribution in [2.45, 2.75) is 6.92 Å². The summed E-state index contributed by atoms with van der Waals surface area (Å²) in [4.78, 5) is 23.4. The van der Waals surface area contributed by atoms with Crippen molar-refractivity contribution in [2.75, 3.05) is 6.61 Å². The molecule has 0 aliphatic carbocycles. The lowest BCUT2D eigenvalue weighted by molar-refractivity contribution is -0.123. The quantitative estimate of drug-likeness (QED) is 0.410. The number of halogens is 1. The van der Waals surface area contributed by atoms with E-state index in [1.165, 1.54) is 12.2 Å². The number of aryl methyl sites for hydroxylation is 1. The second-order valence-corrected chi connectivity index (χ2v) is 5.86. The fourth-order valence-corrected chi connectivity index (χ4v) is 2.01. The highest BCUT2D eigenvalue weighted by molar-refractivity contribution is 7.80. The third-order valence-electron chi connectivity index (χ3n) is 2.90. The number of hydrogen-bond donors (Lipinski definition) is 3. The van der Waals surface area contributed by atoms with E-state index in [0.717, 1.165) is 5.76 Å². The van der Waals surface area contributed by atoms with Crippen molar-refractivity contribution in [2.24, 2.45) is 0 Å². The van der Waals surface area contributed by atoms with Gasteiger partial charge in [0, 0.05) is 11.1 Å². The number of carbonyl (C=O) groups excluding carboxylic acids is 2. The molecular formula is C17H16ClN3O4S. The minimum absolute atomic E-state index is 0.0601. The van der Waals surface area contributed by atoms with Crippen molar-refractivity contribution in [3.05, 3.63) is 59.0 Å². The highest BCUT2D eigenvalue weighted by Crippen LogP contribution is 2.15. The van der Waals surface area contributed by atoms with Crippen molar-refractivity contribution in [3.63, 3.8) is 0 Å². The summed E-state index contributed by atoms with van der Waals surface area (Å²) in [5.41, 5.74) is 4.71. The van der Waals surface area contributed by atoms with Crippen LogP contribution in [0.5, 0.6) is 5.75 Å². The second-order valence-electron chi connectivity index (χ2n) is 5.02. The summed E-state index contributed by atoms with van der Waals surface area (Å²) < 4.78 is 10.6. The molecule has 3 N–H and O–H groups in total. The molecule has 0 radical (unpaired) electrons. The maximum absolute atomic E-state index is 11.7. The molecule has 0 atom stereocenters. The molecule has 2 aromatic rings. The number of hydrogen-bond acceptors (Lipinski definition) is 5. The van der Waals surface area contributed by atoms with E-state index in [-0.39, 0.29) is 11.7 Å². The van der Waals surface area contributed by atoms with Gasteiger partial charge in [-0.2, -0.15) is 0 Å². The molecular weight excluding hydrogens is 378 g/mol. The lowest BCUT2D eigenvalue weighted by Gasteiger charge is -2.10. The maximum Gasteiger partial charge on any atom is 0.276 e. The van der Waals surface area contributed by atoms with Crippen LogP contribution >= 0.6 is 23.8 Å². The summed E-state index contributed by atoms with van der Waals surface area (Å²) >= 11 is 10.7. The summed E-state index contributed by atoms with van der Waals surface area (Å²) in [6, 6.07) is 10.1. The first-order valence-electron chi connectivity index (χ1n) is 7.45. The fraction of sp³-hybridized carbons (Fsp3) is 0.118. The molecule has 0 unspecified atom stereocenters. The van der Waals surface area contributed by atoms with Crippen LogP contribution in [0, 0.1) is 6.92 Å². The third-order valence-corrected chi connectivity index (χ3v) is 3.35. The number of hydrazine groups is 1. The lowest BCUT2D eigenvalue weighted by Crippen LogP contribution is -2.49. The fourth-order valence-electron chi connectivity index (χ4n) is 1.73. The molecule has 7 nitrogen and oxygen atoms in total. The van der Waals surface area contributed by atoms with Crippen molar-refractivity contribution >= 4 is 46.8 Å². The number of nitrogens with one attached hydrogen (secondary N) is 3. The van der Waals surface area contributed by atoms with Crippen LogP contribution in [0.1, 0.15) is 11.5 Å². The van der Waals surface area contributed by atoms with Gasteiger partial charge >= 0.3 is 0 Å². The van der Waals surface area contributed by atoms with Crippen molar-refractivity contribution < 1.29 is 18.7 Å². The molecule has 136 valence electrons. The van der Waals surface area contributed by atoms with E-state index in [0.29, 0.717) is 16.5 Å². The Bertz CT molecular complexity index is 818. The van der Waals surface area contributed by atoms with E-state index in [9.17, 15) is 9.59 Å². The zero-order valence-corrected chi connectivity index (χ0v) is 15.3. The number of amides is 2. The van der Waals surface area contributed by atoms with Gasteiger partial charge in [0.25, 0.3) is 5.91 Å². The molecule has 1 aromatic heterocycles. The number of benzene rings is 1. The van der Waals surface area contributed by atoms with Gasteiger partial charge in [-0.15, -0.1) is 0 Å². The van der Waals surface area contributed by atoms with Crippen LogP contribution in [-0.2, 0) is 9.59 Å². The smallest absolute Gasteiger partial charge is 0.276 e. The van der Waals surface area contributed by atoms with Crippen molar-refractivity contribution in [3.8, 4) is 5.75 Å². The van der Waals surface area contributed by atoms with E-state index in [1.807, 2.05) is 0 Å². The van der Waals surface area contributed by atoms with Gasteiger partial charge < -0.3 is 9.15 Å². The van der Waals surface area contributed by atoms with Crippen LogP contribution < -0.4 is 20.9 Å². The molecule has 0 saturated carbocycles. The average molecular weight is 394 g/mol. The second kappa shape index (κ2) is 9.59. The zero-order valence-electron chi connectivity index (χ0n) is 13.7. The maximum atomic E-state index is 11.7. The van der Waals surface area contributed by atoms with Gasteiger partial charge in [-0.1, -0.05) is 11.6 Å². The lowest BCUT2D eigenvalue weighted by atomic mass is 10.3. The van der Waals surface area contributed by atoms with Crippen molar-refractivity contribution in [1.29, 1.82) is 0 Å². The summed E-state index contributed by atoms with van der Waals surface area (Å²) in [6.45, 7) is 1.57. The highest BCUT2D eigenvalue weighted by atomic mass is 35.5. The molecule has 1 aromatic carbocycles. The number of furan rings is 1. The first-order valence-corrected chi connectivity index (χ1v) is 8.23. The molecule has 2 amide bonds. The van der Waals surface area contributed by atoms with Crippen LogP contribution in [0.4, 0.5) is 0 Å². The van der Waals surface area contributed by atoms with E-state index >= 15 is 0 Å². The van der Waals surface area contributed by atoms with Gasteiger partial charge in [0.1, 0.15) is 17.3 Å². The molecule has 1 heterocycles. The predicted molar refractivity (Wildman–Crippen MR) is 101 cm³/mol. The van der Waals surface area contributed by atoms with Crippen LogP contribution in [0.15, 0.2) is 46.9 Å². The van der Waals surface area contributed by atoms with Gasteiger partial charge in [0.15, 0.2) is 11.7 Å². The van der Waals surface area contributed by atoms with E-state index < -0.39 is 11.8 Å². The Kier molecular flexibility index (Phi) is 7.19. The minimum Gasteiger partial charge on any atom is -0.484 e. The molecule has 2 rings (SSSR count). The Hall–Kier alpha value is -2.84. The number of thiocarbonyl (C=S) groups is 1. The molecule has 0 fully saturated rings. The normalized spacial score (nSPS) is 10.4. The van der Waals surface area contributed by atoms with Gasteiger partial charge in [-0.3, -0.25) is 25.8 Å². The molecule has 0 bridgehead atoms. The Morgan fingerprint density at radius 3 is 2.58 bits per heavy atom. The molecule has 0 spiro atoms. The van der Waals surface area contributed by atoms with Gasteiger partial charge in [0.05, 0.1) is 0 Å². The molecule has 26 heavy (non-hydrogen) atoms. The van der Waals surface area contributed by atoms with Crippen LogP contribution in [-0.4, -0.2) is 23.5 Å².